The first-order valence-corrected chi connectivity index (χ1v) is 7.38. The van der Waals surface area contributed by atoms with Crippen LogP contribution in [0.2, 0.25) is 0 Å². The monoisotopic (exact) mass is 292 g/mol. The Labute approximate surface area is 126 Å². The molecule has 0 spiro atoms. The molecule has 116 valence electrons. The normalized spacial score (nSPS) is 18.4. The maximum atomic E-state index is 12.1. The van der Waals surface area contributed by atoms with Crippen LogP contribution in [0.5, 0.6) is 11.5 Å². The van der Waals surface area contributed by atoms with Crippen LogP contribution in [0, 0.1) is 6.92 Å². The Morgan fingerprint density at radius 1 is 1.43 bits per heavy atom. The topological polar surface area (TPSA) is 50.8 Å². The van der Waals surface area contributed by atoms with E-state index < -0.39 is 0 Å². The number of benzene rings is 1. The number of piperazine rings is 1. The van der Waals surface area contributed by atoms with Gasteiger partial charge < -0.3 is 19.7 Å². The van der Waals surface area contributed by atoms with Crippen molar-refractivity contribution in [3.8, 4) is 11.5 Å². The highest BCUT2D eigenvalue weighted by molar-refractivity contribution is 5.76. The number of carbonyl (C=O) groups is 1. The molecule has 1 heterocycles. The van der Waals surface area contributed by atoms with E-state index in [0.29, 0.717) is 30.6 Å². The van der Waals surface area contributed by atoms with Gasteiger partial charge in [0.2, 0.25) is 5.91 Å². The zero-order valence-corrected chi connectivity index (χ0v) is 13.0. The Balaban J connectivity index is 1.82. The summed E-state index contributed by atoms with van der Waals surface area (Å²) in [7, 11) is 1.62. The average molecular weight is 292 g/mol. The van der Waals surface area contributed by atoms with E-state index in [9.17, 15) is 4.79 Å². The molecule has 1 amide bonds. The molecule has 1 atom stereocenters. The maximum Gasteiger partial charge on any atom is 0.226 e. The zero-order chi connectivity index (χ0) is 15.2. The summed E-state index contributed by atoms with van der Waals surface area (Å²) in [5.41, 5.74) is 1.12. The van der Waals surface area contributed by atoms with Crippen molar-refractivity contribution in [1.82, 2.24) is 10.2 Å². The molecule has 0 radical (unpaired) electrons. The summed E-state index contributed by atoms with van der Waals surface area (Å²) in [4.78, 5) is 14.0. The van der Waals surface area contributed by atoms with Crippen molar-refractivity contribution < 1.29 is 14.3 Å². The van der Waals surface area contributed by atoms with Gasteiger partial charge in [-0.25, -0.2) is 0 Å². The quantitative estimate of drug-likeness (QED) is 0.895. The summed E-state index contributed by atoms with van der Waals surface area (Å²) >= 11 is 0. The first-order chi connectivity index (χ1) is 10.1. The first-order valence-electron chi connectivity index (χ1n) is 7.38. The van der Waals surface area contributed by atoms with Crippen LogP contribution >= 0.6 is 0 Å². The number of nitrogens with zero attached hydrogens (tertiary/aromatic N) is 1. The van der Waals surface area contributed by atoms with Crippen molar-refractivity contribution in [2.24, 2.45) is 0 Å². The molecule has 1 aliphatic rings. The van der Waals surface area contributed by atoms with E-state index >= 15 is 0 Å². The molecule has 1 aromatic carbocycles. The van der Waals surface area contributed by atoms with E-state index in [2.05, 4.69) is 12.2 Å². The number of ether oxygens (including phenoxy) is 2. The lowest BCUT2D eigenvalue weighted by molar-refractivity contribution is -0.132. The Morgan fingerprint density at radius 3 is 2.95 bits per heavy atom. The second-order valence-corrected chi connectivity index (χ2v) is 5.45. The van der Waals surface area contributed by atoms with Gasteiger partial charge >= 0.3 is 0 Å². The van der Waals surface area contributed by atoms with Gasteiger partial charge in [-0.05, 0) is 31.5 Å². The number of amides is 1. The summed E-state index contributed by atoms with van der Waals surface area (Å²) in [5.74, 6) is 1.54. The van der Waals surface area contributed by atoms with Crippen LogP contribution in [0.4, 0.5) is 0 Å². The molecule has 0 aromatic heterocycles. The van der Waals surface area contributed by atoms with E-state index in [0.717, 1.165) is 25.2 Å². The first kappa shape index (κ1) is 15.6. The smallest absolute Gasteiger partial charge is 0.226 e. The Hall–Kier alpha value is -1.75. The molecule has 0 bridgehead atoms. The van der Waals surface area contributed by atoms with Crippen molar-refractivity contribution in [3.05, 3.63) is 23.8 Å². The predicted octanol–water partition coefficient (Wildman–Crippen LogP) is 1.59. The lowest BCUT2D eigenvalue weighted by Crippen LogP contribution is -2.51. The van der Waals surface area contributed by atoms with E-state index in [1.54, 1.807) is 7.11 Å². The van der Waals surface area contributed by atoms with Gasteiger partial charge in [-0.15, -0.1) is 0 Å². The lowest BCUT2D eigenvalue weighted by Gasteiger charge is -2.32. The summed E-state index contributed by atoms with van der Waals surface area (Å²) in [6, 6.07) is 6.14. The second kappa shape index (κ2) is 7.31. The van der Waals surface area contributed by atoms with Crippen molar-refractivity contribution in [2.45, 2.75) is 26.3 Å². The van der Waals surface area contributed by atoms with E-state index in [1.807, 2.05) is 30.0 Å². The number of rotatable bonds is 5. The molecule has 2 rings (SSSR count). The largest absolute Gasteiger partial charge is 0.493 e. The molecule has 0 unspecified atom stereocenters. The molecule has 1 aliphatic heterocycles. The highest BCUT2D eigenvalue weighted by Crippen LogP contribution is 2.27. The molecule has 1 saturated heterocycles. The van der Waals surface area contributed by atoms with Crippen molar-refractivity contribution in [2.75, 3.05) is 33.4 Å². The van der Waals surface area contributed by atoms with E-state index in [4.69, 9.17) is 9.47 Å². The van der Waals surface area contributed by atoms with Gasteiger partial charge in [0.1, 0.15) is 0 Å². The molecule has 21 heavy (non-hydrogen) atoms. The van der Waals surface area contributed by atoms with Gasteiger partial charge in [0.25, 0.3) is 0 Å². The highest BCUT2D eigenvalue weighted by Gasteiger charge is 2.20. The summed E-state index contributed by atoms with van der Waals surface area (Å²) < 4.78 is 11.0. The number of methoxy groups -OCH3 is 1. The number of aryl methyl sites for hydroxylation is 1. The Bertz CT molecular complexity index is 490. The Morgan fingerprint density at radius 2 is 2.24 bits per heavy atom. The molecule has 1 N–H and O–H groups in total. The second-order valence-electron chi connectivity index (χ2n) is 5.45. The standard InChI is InChI=1S/C16H24N2O3/c1-12-4-5-14(15(10-12)20-3)21-9-6-16(19)18-8-7-17-13(2)11-18/h4-5,10,13,17H,6-9,11H2,1-3H3/t13-/m1/s1. The van der Waals surface area contributed by atoms with Gasteiger partial charge in [0.15, 0.2) is 11.5 Å². The minimum atomic E-state index is 0.148. The SMILES string of the molecule is COc1cc(C)ccc1OCCC(=O)N1CCN[C@H](C)C1. The van der Waals surface area contributed by atoms with Crippen molar-refractivity contribution >= 4 is 5.91 Å². The van der Waals surface area contributed by atoms with Crippen LogP contribution < -0.4 is 14.8 Å². The molecule has 1 aromatic rings. The van der Waals surface area contributed by atoms with Gasteiger partial charge in [0.05, 0.1) is 20.1 Å². The summed E-state index contributed by atoms with van der Waals surface area (Å²) in [6.45, 7) is 6.87. The number of hydrogen-bond donors (Lipinski definition) is 1. The average Bonchev–Trinajstić information content (AvgIpc) is 2.48. The number of hydrogen-bond acceptors (Lipinski definition) is 4. The molecule has 5 heteroatoms. The van der Waals surface area contributed by atoms with Crippen LogP contribution in [-0.4, -0.2) is 50.2 Å². The van der Waals surface area contributed by atoms with Crippen LogP contribution in [0.25, 0.3) is 0 Å². The minimum Gasteiger partial charge on any atom is -0.493 e. The molecular weight excluding hydrogens is 268 g/mol. The minimum absolute atomic E-state index is 0.148. The maximum absolute atomic E-state index is 12.1. The fraction of sp³-hybridized carbons (Fsp3) is 0.562. The Kier molecular flexibility index (Phi) is 5.44. The van der Waals surface area contributed by atoms with Crippen molar-refractivity contribution in [1.29, 1.82) is 0 Å². The molecule has 0 saturated carbocycles. The third-order valence-corrected chi connectivity index (χ3v) is 3.61. The van der Waals surface area contributed by atoms with Crippen LogP contribution in [0.15, 0.2) is 18.2 Å². The fourth-order valence-electron chi connectivity index (χ4n) is 2.46. The molecule has 1 fully saturated rings. The predicted molar refractivity (Wildman–Crippen MR) is 81.9 cm³/mol. The lowest BCUT2D eigenvalue weighted by atomic mass is 10.2. The summed E-state index contributed by atoms with van der Waals surface area (Å²) in [6.07, 6.45) is 0.393. The zero-order valence-electron chi connectivity index (χ0n) is 13.0. The van der Waals surface area contributed by atoms with Gasteiger partial charge in [0, 0.05) is 25.7 Å². The van der Waals surface area contributed by atoms with Crippen LogP contribution in [0.1, 0.15) is 18.9 Å². The van der Waals surface area contributed by atoms with E-state index in [1.165, 1.54) is 0 Å². The molecular formula is C16H24N2O3. The molecule has 0 aliphatic carbocycles. The molecule has 5 nitrogen and oxygen atoms in total. The number of nitrogens with one attached hydrogen (secondary N) is 1. The number of carbonyl (C=O) groups excluding carboxylic acids is 1. The third-order valence-electron chi connectivity index (χ3n) is 3.61. The third kappa shape index (κ3) is 4.36. The summed E-state index contributed by atoms with van der Waals surface area (Å²) in [5, 5.41) is 3.33. The van der Waals surface area contributed by atoms with Crippen LogP contribution in [-0.2, 0) is 4.79 Å². The fourth-order valence-corrected chi connectivity index (χ4v) is 2.46. The van der Waals surface area contributed by atoms with Gasteiger partial charge in [-0.1, -0.05) is 6.07 Å². The van der Waals surface area contributed by atoms with Gasteiger partial charge in [-0.2, -0.15) is 0 Å². The van der Waals surface area contributed by atoms with Gasteiger partial charge in [-0.3, -0.25) is 4.79 Å². The van der Waals surface area contributed by atoms with E-state index in [-0.39, 0.29) is 5.91 Å². The van der Waals surface area contributed by atoms with Crippen molar-refractivity contribution in [3.63, 3.8) is 0 Å². The van der Waals surface area contributed by atoms with Crippen LogP contribution in [0.3, 0.4) is 0 Å². The highest BCUT2D eigenvalue weighted by atomic mass is 16.5.